The largest absolute Gasteiger partial charge is 0.321 e. The molecule has 0 saturated heterocycles. The van der Waals surface area contributed by atoms with Crippen LogP contribution in [0.2, 0.25) is 5.02 Å². The van der Waals surface area contributed by atoms with Gasteiger partial charge >= 0.3 is 0 Å². The first-order chi connectivity index (χ1) is 14.7. The topological polar surface area (TPSA) is 59.8 Å². The van der Waals surface area contributed by atoms with E-state index in [1.165, 1.54) is 0 Å². The summed E-state index contributed by atoms with van der Waals surface area (Å²) in [6, 6.07) is 19.4. The molecule has 4 aromatic rings. The van der Waals surface area contributed by atoms with Crippen molar-refractivity contribution in [3.05, 3.63) is 101 Å². The number of nitrogens with one attached hydrogen (secondary N) is 1. The molecule has 146 valence electrons. The van der Waals surface area contributed by atoms with Gasteiger partial charge in [-0.25, -0.2) is 0 Å². The third-order valence-electron chi connectivity index (χ3n) is 5.00. The molecule has 30 heavy (non-hydrogen) atoms. The summed E-state index contributed by atoms with van der Waals surface area (Å²) in [5.41, 5.74) is 5.78. The van der Waals surface area contributed by atoms with Crippen LogP contribution < -0.4 is 5.32 Å². The Hall–Kier alpha value is -3.70. The summed E-state index contributed by atoms with van der Waals surface area (Å²) in [5.74, 6) is -0.165. The molecule has 0 fully saturated rings. The van der Waals surface area contributed by atoms with E-state index in [2.05, 4.69) is 22.4 Å². The van der Waals surface area contributed by atoms with Gasteiger partial charge in [-0.3, -0.25) is 14.5 Å². The molecule has 5 nitrogen and oxygen atoms in total. The first-order valence-electron chi connectivity index (χ1n) is 9.52. The quantitative estimate of drug-likeness (QED) is 0.472. The normalized spacial score (nSPS) is 14.0. The number of rotatable bonds is 4. The third kappa shape index (κ3) is 3.51. The first-order valence-corrected chi connectivity index (χ1v) is 9.90. The fourth-order valence-electron chi connectivity index (χ4n) is 3.58. The summed E-state index contributed by atoms with van der Waals surface area (Å²) in [5, 5.41) is 8.24. The van der Waals surface area contributed by atoms with E-state index in [4.69, 9.17) is 16.7 Å². The minimum Gasteiger partial charge on any atom is -0.321 e. The van der Waals surface area contributed by atoms with Crippen LogP contribution in [0.3, 0.4) is 0 Å². The van der Waals surface area contributed by atoms with E-state index in [9.17, 15) is 4.79 Å². The van der Waals surface area contributed by atoms with Gasteiger partial charge in [-0.05, 0) is 35.9 Å². The van der Waals surface area contributed by atoms with Crippen LogP contribution in [0, 0.1) is 0 Å². The van der Waals surface area contributed by atoms with Crippen molar-refractivity contribution in [2.75, 3.05) is 5.32 Å². The number of benzene rings is 2. The number of pyridine rings is 1. The molecule has 0 spiro atoms. The average Bonchev–Trinajstić information content (AvgIpc) is 3.30. The number of hydrogen-bond donors (Lipinski definition) is 1. The van der Waals surface area contributed by atoms with E-state index in [-0.39, 0.29) is 5.91 Å². The Morgan fingerprint density at radius 3 is 2.70 bits per heavy atom. The van der Waals surface area contributed by atoms with Crippen molar-refractivity contribution in [3.63, 3.8) is 0 Å². The second kappa shape index (κ2) is 7.61. The predicted molar refractivity (Wildman–Crippen MR) is 119 cm³/mol. The van der Waals surface area contributed by atoms with Crippen LogP contribution in [0.4, 0.5) is 5.69 Å². The summed E-state index contributed by atoms with van der Waals surface area (Å²) in [4.78, 5) is 16.9. The van der Waals surface area contributed by atoms with Crippen molar-refractivity contribution in [1.82, 2.24) is 14.8 Å². The molecule has 3 heterocycles. The van der Waals surface area contributed by atoms with Crippen molar-refractivity contribution >= 4 is 34.8 Å². The Labute approximate surface area is 178 Å². The van der Waals surface area contributed by atoms with E-state index in [1.54, 1.807) is 24.5 Å². The second-order valence-electron chi connectivity index (χ2n) is 7.05. The monoisotopic (exact) mass is 412 g/mol. The van der Waals surface area contributed by atoms with Crippen molar-refractivity contribution in [2.45, 2.75) is 6.54 Å². The highest BCUT2D eigenvalue weighted by Crippen LogP contribution is 2.36. The fourth-order valence-corrected chi connectivity index (χ4v) is 3.75. The summed E-state index contributed by atoms with van der Waals surface area (Å²) in [6.45, 7) is 0.631. The molecule has 0 saturated carbocycles. The zero-order valence-corrected chi connectivity index (χ0v) is 16.7. The molecule has 0 atom stereocenters. The lowest BCUT2D eigenvalue weighted by Gasteiger charge is -2.01. The van der Waals surface area contributed by atoms with Crippen LogP contribution in [0.5, 0.6) is 0 Å². The molecule has 1 N–H and O–H groups in total. The lowest BCUT2D eigenvalue weighted by atomic mass is 10.0. The summed E-state index contributed by atoms with van der Waals surface area (Å²) in [7, 11) is 0. The van der Waals surface area contributed by atoms with Gasteiger partial charge in [0.2, 0.25) is 0 Å². The molecule has 1 aliphatic heterocycles. The van der Waals surface area contributed by atoms with Gasteiger partial charge < -0.3 is 5.32 Å². The van der Waals surface area contributed by atoms with Crippen molar-refractivity contribution in [1.29, 1.82) is 0 Å². The second-order valence-corrected chi connectivity index (χ2v) is 7.49. The van der Waals surface area contributed by atoms with Gasteiger partial charge in [0.05, 0.1) is 17.8 Å². The van der Waals surface area contributed by atoms with Crippen molar-refractivity contribution < 1.29 is 4.79 Å². The lowest BCUT2D eigenvalue weighted by molar-refractivity contribution is -0.110. The Balaban J connectivity index is 1.62. The van der Waals surface area contributed by atoms with E-state index < -0.39 is 0 Å². The molecule has 5 rings (SSSR count). The van der Waals surface area contributed by atoms with Crippen LogP contribution >= 0.6 is 11.6 Å². The number of hydrogen-bond acceptors (Lipinski definition) is 3. The number of fused-ring (bicyclic) bond motifs is 1. The van der Waals surface area contributed by atoms with Gasteiger partial charge in [-0.2, -0.15) is 5.10 Å². The lowest BCUT2D eigenvalue weighted by Crippen LogP contribution is -2.04. The Morgan fingerprint density at radius 1 is 1.03 bits per heavy atom. The number of anilines is 1. The summed E-state index contributed by atoms with van der Waals surface area (Å²) < 4.78 is 1.88. The highest BCUT2D eigenvalue weighted by molar-refractivity contribution is 6.36. The van der Waals surface area contributed by atoms with Gasteiger partial charge in [0.1, 0.15) is 0 Å². The molecule has 0 unspecified atom stereocenters. The Morgan fingerprint density at radius 2 is 1.90 bits per heavy atom. The molecule has 2 aromatic carbocycles. The molecule has 1 amide bonds. The molecule has 6 heteroatoms. The van der Waals surface area contributed by atoms with Crippen molar-refractivity contribution in [2.24, 2.45) is 0 Å². The molecular weight excluding hydrogens is 396 g/mol. The molecule has 2 aromatic heterocycles. The van der Waals surface area contributed by atoms with E-state index in [0.29, 0.717) is 22.8 Å². The van der Waals surface area contributed by atoms with E-state index in [1.807, 2.05) is 53.4 Å². The van der Waals surface area contributed by atoms with Gasteiger partial charge in [0.25, 0.3) is 5.91 Å². The Kier molecular flexibility index (Phi) is 4.65. The fraction of sp³-hybridized carbons (Fsp3) is 0.0417. The van der Waals surface area contributed by atoms with Crippen LogP contribution in [0.25, 0.3) is 22.8 Å². The first kappa shape index (κ1) is 18.3. The van der Waals surface area contributed by atoms with Gasteiger partial charge in [0.15, 0.2) is 0 Å². The maximum atomic E-state index is 12.6. The average molecular weight is 413 g/mol. The molecule has 0 radical (unpaired) electrons. The molecule has 0 bridgehead atoms. The van der Waals surface area contributed by atoms with Crippen LogP contribution in [0.1, 0.15) is 16.8 Å². The number of halogens is 1. The molecular formula is C24H17ClN4O. The van der Waals surface area contributed by atoms with Crippen LogP contribution in [0.15, 0.2) is 79.3 Å². The van der Waals surface area contributed by atoms with Gasteiger partial charge in [-0.1, -0.05) is 48.0 Å². The number of amides is 1. The van der Waals surface area contributed by atoms with Crippen LogP contribution in [-0.2, 0) is 11.3 Å². The van der Waals surface area contributed by atoms with Crippen LogP contribution in [-0.4, -0.2) is 20.7 Å². The maximum Gasteiger partial charge on any atom is 0.256 e. The van der Waals surface area contributed by atoms with Gasteiger partial charge in [0, 0.05) is 46.0 Å². The zero-order valence-electron chi connectivity index (χ0n) is 15.9. The highest BCUT2D eigenvalue weighted by Gasteiger charge is 2.25. The zero-order chi connectivity index (χ0) is 20.5. The number of carbonyl (C=O) groups excluding carboxylic acids is 1. The summed E-state index contributed by atoms with van der Waals surface area (Å²) >= 11 is 6.17. The van der Waals surface area contributed by atoms with E-state index >= 15 is 0 Å². The minimum atomic E-state index is -0.165. The Bertz CT molecular complexity index is 1260. The predicted octanol–water partition coefficient (Wildman–Crippen LogP) is 5.14. The van der Waals surface area contributed by atoms with Crippen molar-refractivity contribution in [3.8, 4) is 11.1 Å². The minimum absolute atomic E-state index is 0.165. The number of aromatic nitrogens is 3. The summed E-state index contributed by atoms with van der Waals surface area (Å²) in [6.07, 6.45) is 7.34. The molecule has 0 aliphatic carbocycles. The molecule has 1 aliphatic rings. The highest BCUT2D eigenvalue weighted by atomic mass is 35.5. The number of carbonyl (C=O) groups is 1. The maximum absolute atomic E-state index is 12.6. The van der Waals surface area contributed by atoms with E-state index in [0.717, 1.165) is 27.9 Å². The third-order valence-corrected chi connectivity index (χ3v) is 5.23. The van der Waals surface area contributed by atoms with Gasteiger partial charge in [-0.15, -0.1) is 0 Å². The number of nitrogens with zero attached hydrogens (tertiary/aromatic N) is 3. The SMILES string of the molecule is O=C1Nc2ccc(Cl)cc2/C1=C/c1nn(Cc2ccccc2)cc1-c1cccnc1. The standard InChI is InChI=1S/C24H17ClN4O/c25-18-8-9-22-19(11-18)20(24(30)27-22)12-23-21(17-7-4-10-26-13-17)15-29(28-23)14-16-5-2-1-3-6-16/h1-13,15H,14H2,(H,27,30)/b20-12-. The smallest absolute Gasteiger partial charge is 0.256 e.